The molecule has 1 aromatic rings. The summed E-state index contributed by atoms with van der Waals surface area (Å²) in [5.41, 5.74) is 0. The fourth-order valence-electron chi connectivity index (χ4n) is 1.52. The van der Waals surface area contributed by atoms with Gasteiger partial charge in [0.05, 0.1) is 6.04 Å². The Kier molecular flexibility index (Phi) is 4.53. The number of nitrogens with zero attached hydrogens (tertiary/aromatic N) is 3. The lowest BCUT2D eigenvalue weighted by Crippen LogP contribution is -2.25. The van der Waals surface area contributed by atoms with Gasteiger partial charge in [-0.05, 0) is 26.1 Å². The summed E-state index contributed by atoms with van der Waals surface area (Å²) in [6.45, 7) is 5.38. The molecule has 0 N–H and O–H groups in total. The lowest BCUT2D eigenvalue weighted by molar-refractivity contribution is 0.233. The molecule has 0 aliphatic heterocycles. The SMILES string of the molecule is CCCC(c1ncccn1)N(C)CC. The summed E-state index contributed by atoms with van der Waals surface area (Å²) in [7, 11) is 2.12. The van der Waals surface area contributed by atoms with Crippen molar-refractivity contribution in [3.8, 4) is 0 Å². The van der Waals surface area contributed by atoms with Crippen LogP contribution in [0.4, 0.5) is 0 Å². The molecular formula is C11H19N3. The van der Waals surface area contributed by atoms with Crippen molar-refractivity contribution in [1.29, 1.82) is 0 Å². The first-order valence-corrected chi connectivity index (χ1v) is 5.26. The monoisotopic (exact) mass is 193 g/mol. The quantitative estimate of drug-likeness (QED) is 0.718. The molecule has 1 unspecified atom stereocenters. The van der Waals surface area contributed by atoms with Crippen LogP contribution < -0.4 is 0 Å². The van der Waals surface area contributed by atoms with Crippen LogP contribution in [0.25, 0.3) is 0 Å². The summed E-state index contributed by atoms with van der Waals surface area (Å²) in [4.78, 5) is 10.9. The minimum atomic E-state index is 0.367. The fraction of sp³-hybridized carbons (Fsp3) is 0.636. The highest BCUT2D eigenvalue weighted by Crippen LogP contribution is 2.20. The third kappa shape index (κ3) is 2.77. The molecule has 1 atom stereocenters. The van der Waals surface area contributed by atoms with E-state index in [1.165, 1.54) is 0 Å². The topological polar surface area (TPSA) is 29.0 Å². The zero-order chi connectivity index (χ0) is 10.4. The smallest absolute Gasteiger partial charge is 0.145 e. The van der Waals surface area contributed by atoms with Crippen LogP contribution in [0.2, 0.25) is 0 Å². The molecule has 14 heavy (non-hydrogen) atoms. The summed E-state index contributed by atoms with van der Waals surface area (Å²) in [6.07, 6.45) is 5.91. The molecule has 0 saturated carbocycles. The highest BCUT2D eigenvalue weighted by atomic mass is 15.1. The maximum Gasteiger partial charge on any atom is 0.145 e. The van der Waals surface area contributed by atoms with Gasteiger partial charge in [0.1, 0.15) is 5.82 Å². The van der Waals surface area contributed by atoms with E-state index in [-0.39, 0.29) is 0 Å². The minimum absolute atomic E-state index is 0.367. The van der Waals surface area contributed by atoms with Crippen LogP contribution in [0.15, 0.2) is 18.5 Å². The number of hydrogen-bond donors (Lipinski definition) is 0. The summed E-state index contributed by atoms with van der Waals surface area (Å²) >= 11 is 0. The fourth-order valence-corrected chi connectivity index (χ4v) is 1.52. The molecule has 0 fully saturated rings. The second kappa shape index (κ2) is 5.70. The van der Waals surface area contributed by atoms with Gasteiger partial charge in [0, 0.05) is 12.4 Å². The highest BCUT2D eigenvalue weighted by molar-refractivity contribution is 4.95. The van der Waals surface area contributed by atoms with E-state index >= 15 is 0 Å². The number of rotatable bonds is 5. The van der Waals surface area contributed by atoms with Gasteiger partial charge in [0.15, 0.2) is 0 Å². The van der Waals surface area contributed by atoms with E-state index in [4.69, 9.17) is 0 Å². The molecule has 0 aromatic carbocycles. The Morgan fingerprint density at radius 1 is 1.29 bits per heavy atom. The van der Waals surface area contributed by atoms with Gasteiger partial charge in [-0.15, -0.1) is 0 Å². The lowest BCUT2D eigenvalue weighted by atomic mass is 10.1. The molecule has 3 heteroatoms. The molecule has 0 spiro atoms. The molecule has 1 aromatic heterocycles. The van der Waals surface area contributed by atoms with Crippen molar-refractivity contribution < 1.29 is 0 Å². The summed E-state index contributed by atoms with van der Waals surface area (Å²) in [5, 5.41) is 0. The Hall–Kier alpha value is -0.960. The standard InChI is InChI=1S/C11H19N3/c1-4-7-10(14(3)5-2)11-12-8-6-9-13-11/h6,8-10H,4-5,7H2,1-3H3. The third-order valence-corrected chi connectivity index (χ3v) is 2.48. The minimum Gasteiger partial charge on any atom is -0.297 e. The van der Waals surface area contributed by atoms with E-state index in [1.54, 1.807) is 0 Å². The summed E-state index contributed by atoms with van der Waals surface area (Å²) < 4.78 is 0. The zero-order valence-electron chi connectivity index (χ0n) is 9.27. The zero-order valence-corrected chi connectivity index (χ0v) is 9.27. The van der Waals surface area contributed by atoms with Crippen LogP contribution in [-0.4, -0.2) is 28.5 Å². The van der Waals surface area contributed by atoms with Crippen LogP contribution in [0.3, 0.4) is 0 Å². The van der Waals surface area contributed by atoms with Gasteiger partial charge in [0.2, 0.25) is 0 Å². The molecule has 1 heterocycles. The Labute approximate surface area is 86.2 Å². The van der Waals surface area contributed by atoms with E-state index in [2.05, 4.69) is 35.8 Å². The van der Waals surface area contributed by atoms with Crippen molar-refractivity contribution in [2.45, 2.75) is 32.7 Å². The van der Waals surface area contributed by atoms with Gasteiger partial charge >= 0.3 is 0 Å². The van der Waals surface area contributed by atoms with Gasteiger partial charge in [-0.1, -0.05) is 20.3 Å². The highest BCUT2D eigenvalue weighted by Gasteiger charge is 2.16. The van der Waals surface area contributed by atoms with Crippen LogP contribution in [0.1, 0.15) is 38.6 Å². The van der Waals surface area contributed by atoms with Gasteiger partial charge in [-0.3, -0.25) is 4.90 Å². The van der Waals surface area contributed by atoms with E-state index < -0.39 is 0 Å². The van der Waals surface area contributed by atoms with Crippen molar-refractivity contribution in [3.05, 3.63) is 24.3 Å². The van der Waals surface area contributed by atoms with Crippen molar-refractivity contribution >= 4 is 0 Å². The molecule has 0 amide bonds. The average molecular weight is 193 g/mol. The Morgan fingerprint density at radius 2 is 1.93 bits per heavy atom. The molecule has 0 saturated heterocycles. The largest absolute Gasteiger partial charge is 0.297 e. The van der Waals surface area contributed by atoms with Crippen LogP contribution in [-0.2, 0) is 0 Å². The maximum absolute atomic E-state index is 4.31. The van der Waals surface area contributed by atoms with Crippen LogP contribution >= 0.6 is 0 Å². The average Bonchev–Trinajstić information content (AvgIpc) is 2.26. The molecule has 78 valence electrons. The predicted molar refractivity (Wildman–Crippen MR) is 58.0 cm³/mol. The first-order chi connectivity index (χ1) is 6.79. The van der Waals surface area contributed by atoms with Gasteiger partial charge < -0.3 is 0 Å². The molecular weight excluding hydrogens is 174 g/mol. The van der Waals surface area contributed by atoms with E-state index in [9.17, 15) is 0 Å². The molecule has 0 aliphatic rings. The molecule has 3 nitrogen and oxygen atoms in total. The van der Waals surface area contributed by atoms with Gasteiger partial charge in [-0.25, -0.2) is 9.97 Å². The second-order valence-corrected chi connectivity index (χ2v) is 3.48. The molecule has 0 radical (unpaired) electrons. The van der Waals surface area contributed by atoms with Crippen molar-refractivity contribution in [2.24, 2.45) is 0 Å². The van der Waals surface area contributed by atoms with E-state index in [1.807, 2.05) is 18.5 Å². The number of hydrogen-bond acceptors (Lipinski definition) is 3. The predicted octanol–water partition coefficient (Wildman–Crippen LogP) is 2.27. The van der Waals surface area contributed by atoms with E-state index in [0.717, 1.165) is 25.2 Å². The van der Waals surface area contributed by atoms with E-state index in [0.29, 0.717) is 6.04 Å². The Morgan fingerprint density at radius 3 is 2.43 bits per heavy atom. The molecule has 0 bridgehead atoms. The first-order valence-electron chi connectivity index (χ1n) is 5.26. The Bertz CT molecular complexity index is 248. The van der Waals surface area contributed by atoms with Gasteiger partial charge in [0.25, 0.3) is 0 Å². The maximum atomic E-state index is 4.31. The van der Waals surface area contributed by atoms with Crippen molar-refractivity contribution in [2.75, 3.05) is 13.6 Å². The van der Waals surface area contributed by atoms with Crippen molar-refractivity contribution in [3.63, 3.8) is 0 Å². The van der Waals surface area contributed by atoms with Crippen LogP contribution in [0.5, 0.6) is 0 Å². The molecule has 1 rings (SSSR count). The third-order valence-electron chi connectivity index (χ3n) is 2.48. The van der Waals surface area contributed by atoms with Gasteiger partial charge in [-0.2, -0.15) is 0 Å². The summed E-state index contributed by atoms with van der Waals surface area (Å²) in [6, 6.07) is 2.23. The van der Waals surface area contributed by atoms with Crippen LogP contribution in [0, 0.1) is 0 Å². The number of aromatic nitrogens is 2. The lowest BCUT2D eigenvalue weighted by Gasteiger charge is -2.24. The molecule has 0 aliphatic carbocycles. The normalized spacial score (nSPS) is 13.1. The van der Waals surface area contributed by atoms with Crippen molar-refractivity contribution in [1.82, 2.24) is 14.9 Å². The summed E-state index contributed by atoms with van der Waals surface area (Å²) in [5.74, 6) is 0.943. The first kappa shape index (κ1) is 11.1. The Balaban J connectivity index is 2.77. The second-order valence-electron chi connectivity index (χ2n) is 3.48.